The van der Waals surface area contributed by atoms with Crippen molar-refractivity contribution in [1.29, 1.82) is 5.26 Å². The Hall–Kier alpha value is -2.17. The van der Waals surface area contributed by atoms with Crippen molar-refractivity contribution in [2.24, 2.45) is 0 Å². The van der Waals surface area contributed by atoms with E-state index in [9.17, 15) is 12.8 Å². The summed E-state index contributed by atoms with van der Waals surface area (Å²) in [5.74, 6) is 0.384. The van der Waals surface area contributed by atoms with Crippen molar-refractivity contribution in [2.75, 3.05) is 0 Å². The van der Waals surface area contributed by atoms with Crippen molar-refractivity contribution in [3.63, 3.8) is 0 Å². The van der Waals surface area contributed by atoms with Crippen LogP contribution >= 0.6 is 0 Å². The molecule has 1 heterocycles. The van der Waals surface area contributed by atoms with Gasteiger partial charge >= 0.3 is 0 Å². The van der Waals surface area contributed by atoms with Crippen LogP contribution < -0.4 is 4.72 Å². The molecule has 0 aliphatic heterocycles. The fraction of sp³-hybridized carbons (Fsp3) is 0.214. The fourth-order valence-corrected chi connectivity index (χ4v) is 3.04. The molecule has 2 aromatic rings. The standard InChI is InChI=1S/C14H13FN2O3S/c1-9-3-6-14(20-9)10(2)17-21(18,19)12-4-5-13(15)11(7-12)8-16/h3-7,10,17H,1-2H3. The molecular weight excluding hydrogens is 295 g/mol. The van der Waals surface area contributed by atoms with Gasteiger partial charge in [-0.15, -0.1) is 0 Å². The van der Waals surface area contributed by atoms with Gasteiger partial charge in [0.2, 0.25) is 10.0 Å². The number of nitriles is 1. The number of nitrogens with one attached hydrogen (secondary N) is 1. The predicted molar refractivity (Wildman–Crippen MR) is 73.3 cm³/mol. The maximum Gasteiger partial charge on any atom is 0.241 e. The summed E-state index contributed by atoms with van der Waals surface area (Å²) >= 11 is 0. The fourth-order valence-electron chi connectivity index (χ4n) is 1.80. The average molecular weight is 308 g/mol. The predicted octanol–water partition coefficient (Wildman–Crippen LogP) is 2.64. The van der Waals surface area contributed by atoms with E-state index in [4.69, 9.17) is 9.68 Å². The van der Waals surface area contributed by atoms with Gasteiger partial charge in [0.05, 0.1) is 16.5 Å². The lowest BCUT2D eigenvalue weighted by Crippen LogP contribution is -2.26. The Kier molecular flexibility index (Phi) is 4.11. The van der Waals surface area contributed by atoms with Gasteiger partial charge in [-0.05, 0) is 44.2 Å². The molecule has 0 saturated carbocycles. The third-order valence-corrected chi connectivity index (χ3v) is 4.43. The molecular formula is C14H13FN2O3S. The maximum atomic E-state index is 13.2. The minimum absolute atomic E-state index is 0.171. The Bertz CT molecular complexity index is 806. The van der Waals surface area contributed by atoms with Crippen LogP contribution in [0, 0.1) is 24.1 Å². The van der Waals surface area contributed by atoms with Crippen LogP contribution in [0.4, 0.5) is 4.39 Å². The molecule has 7 heteroatoms. The molecule has 1 atom stereocenters. The highest BCUT2D eigenvalue weighted by Crippen LogP contribution is 2.20. The average Bonchev–Trinajstić information content (AvgIpc) is 2.85. The van der Waals surface area contributed by atoms with Crippen LogP contribution in [0.5, 0.6) is 0 Å². The van der Waals surface area contributed by atoms with Crippen LogP contribution in [-0.2, 0) is 10.0 Å². The second kappa shape index (κ2) is 5.68. The number of nitrogens with zero attached hydrogens (tertiary/aromatic N) is 1. The van der Waals surface area contributed by atoms with Gasteiger partial charge in [-0.25, -0.2) is 17.5 Å². The minimum Gasteiger partial charge on any atom is -0.465 e. The largest absolute Gasteiger partial charge is 0.465 e. The van der Waals surface area contributed by atoms with Gasteiger partial charge < -0.3 is 4.42 Å². The first-order valence-electron chi connectivity index (χ1n) is 6.12. The normalized spacial score (nSPS) is 12.9. The summed E-state index contributed by atoms with van der Waals surface area (Å²) in [6, 6.07) is 7.49. The molecule has 1 aromatic carbocycles. The lowest BCUT2D eigenvalue weighted by atomic mass is 10.2. The van der Waals surface area contributed by atoms with E-state index in [1.54, 1.807) is 32.0 Å². The number of hydrogen-bond donors (Lipinski definition) is 1. The summed E-state index contributed by atoms with van der Waals surface area (Å²) in [4.78, 5) is -0.171. The molecule has 21 heavy (non-hydrogen) atoms. The van der Waals surface area contributed by atoms with Crippen LogP contribution in [0.1, 0.15) is 30.0 Å². The minimum atomic E-state index is -3.88. The van der Waals surface area contributed by atoms with Crippen molar-refractivity contribution in [3.05, 3.63) is 53.2 Å². The second-order valence-electron chi connectivity index (χ2n) is 4.54. The van der Waals surface area contributed by atoms with E-state index in [0.29, 0.717) is 11.5 Å². The van der Waals surface area contributed by atoms with E-state index in [1.807, 2.05) is 0 Å². The number of aryl methyl sites for hydroxylation is 1. The van der Waals surface area contributed by atoms with Gasteiger partial charge in [-0.3, -0.25) is 0 Å². The quantitative estimate of drug-likeness (QED) is 0.941. The molecule has 5 nitrogen and oxygen atoms in total. The first-order valence-corrected chi connectivity index (χ1v) is 7.60. The summed E-state index contributed by atoms with van der Waals surface area (Å²) in [6.45, 7) is 3.38. The van der Waals surface area contributed by atoms with Crippen LogP contribution in [0.25, 0.3) is 0 Å². The molecule has 1 aromatic heterocycles. The highest BCUT2D eigenvalue weighted by Gasteiger charge is 2.21. The van der Waals surface area contributed by atoms with E-state index < -0.39 is 21.9 Å². The molecule has 0 amide bonds. The highest BCUT2D eigenvalue weighted by atomic mass is 32.2. The number of benzene rings is 1. The molecule has 0 saturated heterocycles. The van der Waals surface area contributed by atoms with E-state index in [1.165, 1.54) is 0 Å². The Morgan fingerprint density at radius 2 is 2.05 bits per heavy atom. The highest BCUT2D eigenvalue weighted by molar-refractivity contribution is 7.89. The maximum absolute atomic E-state index is 13.2. The van der Waals surface area contributed by atoms with Gasteiger partial charge in [0.15, 0.2) is 0 Å². The van der Waals surface area contributed by atoms with Crippen LogP contribution in [0.3, 0.4) is 0 Å². The van der Waals surface area contributed by atoms with Crippen LogP contribution in [0.15, 0.2) is 39.6 Å². The first kappa shape index (κ1) is 15.2. The monoisotopic (exact) mass is 308 g/mol. The van der Waals surface area contributed by atoms with Crippen molar-refractivity contribution < 1.29 is 17.2 Å². The second-order valence-corrected chi connectivity index (χ2v) is 6.26. The van der Waals surface area contributed by atoms with Gasteiger partial charge in [0.1, 0.15) is 23.4 Å². The molecule has 0 fully saturated rings. The number of sulfonamides is 1. The Morgan fingerprint density at radius 3 is 2.62 bits per heavy atom. The van der Waals surface area contributed by atoms with E-state index >= 15 is 0 Å². The third kappa shape index (κ3) is 3.29. The van der Waals surface area contributed by atoms with Gasteiger partial charge in [0, 0.05) is 0 Å². The molecule has 0 aliphatic carbocycles. The lowest BCUT2D eigenvalue weighted by molar-refractivity contribution is 0.441. The van der Waals surface area contributed by atoms with Gasteiger partial charge in [0.25, 0.3) is 0 Å². The molecule has 1 unspecified atom stereocenters. The number of hydrogen-bond acceptors (Lipinski definition) is 4. The molecule has 0 bridgehead atoms. The summed E-state index contributed by atoms with van der Waals surface area (Å²) < 4.78 is 45.4. The summed E-state index contributed by atoms with van der Waals surface area (Å²) in [6.07, 6.45) is 0. The molecule has 0 aliphatic rings. The van der Waals surface area contributed by atoms with Crippen molar-refractivity contribution >= 4 is 10.0 Å². The van der Waals surface area contributed by atoms with E-state index in [-0.39, 0.29) is 10.5 Å². The molecule has 0 radical (unpaired) electrons. The lowest BCUT2D eigenvalue weighted by Gasteiger charge is -2.12. The third-order valence-electron chi connectivity index (χ3n) is 2.89. The van der Waals surface area contributed by atoms with Crippen LogP contribution in [-0.4, -0.2) is 8.42 Å². The van der Waals surface area contributed by atoms with Crippen LogP contribution in [0.2, 0.25) is 0 Å². The zero-order valence-corrected chi connectivity index (χ0v) is 12.2. The Labute approximate surface area is 122 Å². The smallest absolute Gasteiger partial charge is 0.241 e. The zero-order valence-electron chi connectivity index (χ0n) is 11.4. The number of halogens is 1. The summed E-state index contributed by atoms with van der Waals surface area (Å²) in [5, 5.41) is 8.75. The molecule has 1 N–H and O–H groups in total. The molecule has 2 rings (SSSR count). The molecule has 0 spiro atoms. The van der Waals surface area contributed by atoms with E-state index in [2.05, 4.69) is 4.72 Å². The summed E-state index contributed by atoms with van der Waals surface area (Å²) in [5.41, 5.74) is -0.320. The summed E-state index contributed by atoms with van der Waals surface area (Å²) in [7, 11) is -3.88. The number of furan rings is 1. The zero-order chi connectivity index (χ0) is 15.6. The SMILES string of the molecule is Cc1ccc(C(C)NS(=O)(=O)c2ccc(F)c(C#N)c2)o1. The van der Waals surface area contributed by atoms with Gasteiger partial charge in [-0.2, -0.15) is 5.26 Å². The number of rotatable bonds is 4. The first-order chi connectivity index (χ1) is 9.83. The Balaban J connectivity index is 2.28. The van der Waals surface area contributed by atoms with E-state index in [0.717, 1.165) is 18.2 Å². The Morgan fingerprint density at radius 1 is 1.33 bits per heavy atom. The molecule has 110 valence electrons. The van der Waals surface area contributed by atoms with Crippen molar-refractivity contribution in [2.45, 2.75) is 24.8 Å². The topological polar surface area (TPSA) is 83.1 Å². The van der Waals surface area contributed by atoms with Crippen molar-refractivity contribution in [3.8, 4) is 6.07 Å². The van der Waals surface area contributed by atoms with Crippen molar-refractivity contribution in [1.82, 2.24) is 4.72 Å². The van der Waals surface area contributed by atoms with Gasteiger partial charge in [-0.1, -0.05) is 0 Å².